The van der Waals surface area contributed by atoms with Crippen molar-refractivity contribution in [1.82, 2.24) is 10.2 Å². The first-order chi connectivity index (χ1) is 17.6. The van der Waals surface area contributed by atoms with Gasteiger partial charge in [0.15, 0.2) is 0 Å². The maximum Gasteiger partial charge on any atom is 0.399 e. The predicted molar refractivity (Wildman–Crippen MR) is 144 cm³/mol. The molecule has 1 atom stereocenters. The number of rotatable bonds is 7. The standard InChI is InChI=1S/C29H34BrF3N2O2/c1-4-21-15-22(13-18(2)19(21)3)26(29(31,32)33)8-6-20-5-7-25(27(30)14-20)28(36)34-23-9-11-35(12-10-23)24-16-37-17-24/h5-8,13-15,23-24,26H,4,9-12,16-17H2,1-3H3,(H,34,36)/b8-6+. The topological polar surface area (TPSA) is 41.6 Å². The van der Waals surface area contributed by atoms with Gasteiger partial charge in [0.05, 0.1) is 30.7 Å². The highest BCUT2D eigenvalue weighted by atomic mass is 79.9. The Bertz CT molecular complexity index is 1150. The van der Waals surface area contributed by atoms with Gasteiger partial charge in [0.1, 0.15) is 0 Å². The third kappa shape index (κ3) is 6.65. The second kappa shape index (κ2) is 11.7. The number of hydrogen-bond acceptors (Lipinski definition) is 3. The molecule has 0 saturated carbocycles. The lowest BCUT2D eigenvalue weighted by Gasteiger charge is -2.41. The molecule has 0 bridgehead atoms. The van der Waals surface area contributed by atoms with E-state index >= 15 is 0 Å². The summed E-state index contributed by atoms with van der Waals surface area (Å²) >= 11 is 3.45. The van der Waals surface area contributed by atoms with Crippen LogP contribution in [0.4, 0.5) is 13.2 Å². The summed E-state index contributed by atoms with van der Waals surface area (Å²) < 4.78 is 47.9. The first-order valence-electron chi connectivity index (χ1n) is 12.8. The van der Waals surface area contributed by atoms with Gasteiger partial charge in [0.2, 0.25) is 0 Å². The van der Waals surface area contributed by atoms with Gasteiger partial charge in [-0.25, -0.2) is 0 Å². The Morgan fingerprint density at radius 1 is 1.19 bits per heavy atom. The summed E-state index contributed by atoms with van der Waals surface area (Å²) in [6.07, 6.45) is 0.716. The summed E-state index contributed by atoms with van der Waals surface area (Å²) in [7, 11) is 0. The SMILES string of the molecule is CCc1cc(C(/C=C/c2ccc(C(=O)NC3CCN(C4COC4)CC3)c(Br)c2)C(F)(F)F)cc(C)c1C. The minimum atomic E-state index is -4.42. The van der Waals surface area contributed by atoms with Gasteiger partial charge < -0.3 is 10.1 Å². The molecular formula is C29H34BrF3N2O2. The van der Waals surface area contributed by atoms with Crippen LogP contribution in [0.3, 0.4) is 0 Å². The van der Waals surface area contributed by atoms with Crippen molar-refractivity contribution < 1.29 is 22.7 Å². The number of halogens is 4. The number of hydrogen-bond donors (Lipinski definition) is 1. The average molecular weight is 580 g/mol. The molecule has 8 heteroatoms. The lowest BCUT2D eigenvalue weighted by atomic mass is 9.90. The van der Waals surface area contributed by atoms with Crippen LogP contribution >= 0.6 is 15.9 Å². The van der Waals surface area contributed by atoms with Crippen LogP contribution in [0.15, 0.2) is 40.9 Å². The number of carbonyl (C=O) groups excluding carboxylic acids is 1. The van der Waals surface area contributed by atoms with Crippen molar-refractivity contribution in [2.24, 2.45) is 0 Å². The van der Waals surface area contributed by atoms with E-state index in [9.17, 15) is 18.0 Å². The molecule has 200 valence electrons. The maximum absolute atomic E-state index is 14.0. The largest absolute Gasteiger partial charge is 0.399 e. The van der Waals surface area contributed by atoms with Crippen LogP contribution in [0.2, 0.25) is 0 Å². The fourth-order valence-corrected chi connectivity index (χ4v) is 5.63. The van der Waals surface area contributed by atoms with Crippen LogP contribution < -0.4 is 5.32 Å². The molecule has 2 aliphatic heterocycles. The van der Waals surface area contributed by atoms with Gasteiger partial charge in [-0.1, -0.05) is 37.3 Å². The molecule has 0 spiro atoms. The van der Waals surface area contributed by atoms with Gasteiger partial charge in [0.25, 0.3) is 5.91 Å². The van der Waals surface area contributed by atoms with Gasteiger partial charge in [-0.05, 0) is 89.0 Å². The Morgan fingerprint density at radius 3 is 2.46 bits per heavy atom. The quantitative estimate of drug-likeness (QED) is 0.403. The van der Waals surface area contributed by atoms with E-state index in [2.05, 4.69) is 26.1 Å². The number of benzene rings is 2. The molecule has 0 aliphatic carbocycles. The lowest BCUT2D eigenvalue weighted by Crippen LogP contribution is -2.54. The zero-order valence-electron chi connectivity index (χ0n) is 21.5. The number of aryl methyl sites for hydroxylation is 2. The zero-order chi connectivity index (χ0) is 26.7. The summed E-state index contributed by atoms with van der Waals surface area (Å²) in [4.78, 5) is 15.3. The number of nitrogens with zero attached hydrogens (tertiary/aromatic N) is 1. The molecule has 4 nitrogen and oxygen atoms in total. The van der Waals surface area contributed by atoms with Gasteiger partial charge >= 0.3 is 6.18 Å². The van der Waals surface area contributed by atoms with Crippen LogP contribution in [0.25, 0.3) is 6.08 Å². The molecule has 4 rings (SSSR count). The molecule has 0 aromatic heterocycles. The number of amides is 1. The first-order valence-corrected chi connectivity index (χ1v) is 13.6. The third-order valence-electron chi connectivity index (χ3n) is 7.61. The van der Waals surface area contributed by atoms with Crippen molar-refractivity contribution in [2.75, 3.05) is 26.3 Å². The molecule has 2 aliphatic rings. The van der Waals surface area contributed by atoms with E-state index in [1.54, 1.807) is 30.3 Å². The number of allylic oxidation sites excluding steroid dienone is 1. The fourth-order valence-electron chi connectivity index (χ4n) is 5.05. The van der Waals surface area contributed by atoms with Crippen molar-refractivity contribution in [2.45, 2.75) is 64.2 Å². The Balaban J connectivity index is 1.44. The fraction of sp³-hybridized carbons (Fsp3) is 0.483. The van der Waals surface area contributed by atoms with E-state index in [1.807, 2.05) is 20.8 Å². The van der Waals surface area contributed by atoms with Gasteiger partial charge in [-0.2, -0.15) is 13.2 Å². The number of ether oxygens (including phenoxy) is 1. The highest BCUT2D eigenvalue weighted by Gasteiger charge is 2.39. The first kappa shape index (κ1) is 27.9. The van der Waals surface area contributed by atoms with E-state index in [0.29, 0.717) is 28.1 Å². The van der Waals surface area contributed by atoms with E-state index in [4.69, 9.17) is 4.74 Å². The average Bonchev–Trinajstić information content (AvgIpc) is 2.80. The predicted octanol–water partition coefficient (Wildman–Crippen LogP) is 6.58. The molecule has 0 radical (unpaired) electrons. The minimum absolute atomic E-state index is 0.106. The van der Waals surface area contributed by atoms with E-state index in [1.165, 1.54) is 12.2 Å². The molecule has 2 heterocycles. The highest BCUT2D eigenvalue weighted by molar-refractivity contribution is 9.10. The highest BCUT2D eigenvalue weighted by Crippen LogP contribution is 2.38. The third-order valence-corrected chi connectivity index (χ3v) is 8.27. The Hall–Kier alpha value is -2.16. The van der Waals surface area contributed by atoms with Crippen molar-refractivity contribution in [3.05, 3.63) is 74.3 Å². The van der Waals surface area contributed by atoms with Crippen LogP contribution in [-0.2, 0) is 11.2 Å². The molecule has 1 N–H and O–H groups in total. The van der Waals surface area contributed by atoms with Crippen LogP contribution in [-0.4, -0.2) is 55.4 Å². The summed E-state index contributed by atoms with van der Waals surface area (Å²) in [6.45, 7) is 9.20. The second-order valence-corrected chi connectivity index (χ2v) is 10.9. The number of alkyl halides is 3. The van der Waals surface area contributed by atoms with Gasteiger partial charge in [-0.15, -0.1) is 0 Å². The zero-order valence-corrected chi connectivity index (χ0v) is 23.1. The van der Waals surface area contributed by atoms with Crippen molar-refractivity contribution in [3.8, 4) is 0 Å². The van der Waals surface area contributed by atoms with Gasteiger partial charge in [0, 0.05) is 23.6 Å². The normalized spacial score (nSPS) is 18.7. The summed E-state index contributed by atoms with van der Waals surface area (Å²) in [5.74, 6) is -1.89. The number of piperidine rings is 1. The molecule has 1 unspecified atom stereocenters. The van der Waals surface area contributed by atoms with Gasteiger partial charge in [-0.3, -0.25) is 9.69 Å². The van der Waals surface area contributed by atoms with Crippen molar-refractivity contribution >= 4 is 27.9 Å². The Kier molecular flexibility index (Phi) is 8.81. The molecular weight excluding hydrogens is 545 g/mol. The molecule has 2 fully saturated rings. The Morgan fingerprint density at radius 2 is 1.89 bits per heavy atom. The molecule has 2 saturated heterocycles. The van der Waals surface area contributed by atoms with E-state index in [0.717, 1.165) is 55.8 Å². The minimum Gasteiger partial charge on any atom is -0.378 e. The van der Waals surface area contributed by atoms with Crippen LogP contribution in [0.1, 0.15) is 63.9 Å². The maximum atomic E-state index is 14.0. The smallest absolute Gasteiger partial charge is 0.378 e. The number of nitrogens with one attached hydrogen (secondary N) is 1. The van der Waals surface area contributed by atoms with Crippen LogP contribution in [0, 0.1) is 13.8 Å². The molecule has 2 aromatic carbocycles. The molecule has 1 amide bonds. The number of likely N-dealkylation sites (tertiary alicyclic amines) is 1. The second-order valence-electron chi connectivity index (χ2n) is 10.1. The summed E-state index contributed by atoms with van der Waals surface area (Å²) in [6, 6.07) is 8.94. The van der Waals surface area contributed by atoms with E-state index in [-0.39, 0.29) is 17.5 Å². The van der Waals surface area contributed by atoms with Crippen molar-refractivity contribution in [1.29, 1.82) is 0 Å². The van der Waals surface area contributed by atoms with Crippen LogP contribution in [0.5, 0.6) is 0 Å². The van der Waals surface area contributed by atoms with E-state index < -0.39 is 12.1 Å². The van der Waals surface area contributed by atoms with Crippen molar-refractivity contribution in [3.63, 3.8) is 0 Å². The summed E-state index contributed by atoms with van der Waals surface area (Å²) in [5.41, 5.74) is 4.13. The lowest BCUT2D eigenvalue weighted by molar-refractivity contribution is -0.139. The monoisotopic (exact) mass is 578 g/mol. The molecule has 37 heavy (non-hydrogen) atoms. The molecule has 2 aromatic rings. The number of carbonyl (C=O) groups is 1. The summed E-state index contributed by atoms with van der Waals surface area (Å²) in [5, 5.41) is 3.11. The Labute approximate surface area is 225 Å².